The number of carbonyl (C=O) groups excluding carboxylic acids is 1. The molecule has 0 bridgehead atoms. The number of rotatable bonds is 11. The Morgan fingerprint density at radius 2 is 1.58 bits per heavy atom. The van der Waals surface area contributed by atoms with Gasteiger partial charge in [-0.05, 0) is 30.9 Å². The molecule has 0 saturated carbocycles. The second-order valence-electron chi connectivity index (χ2n) is 6.58. The second kappa shape index (κ2) is 10.1. The Labute approximate surface area is 146 Å². The molecule has 0 fully saturated rings. The van der Waals surface area contributed by atoms with Crippen LogP contribution in [0, 0.1) is 0 Å². The zero-order valence-electron chi connectivity index (χ0n) is 15.1. The van der Waals surface area contributed by atoms with Gasteiger partial charge in [-0.15, -0.1) is 0 Å². The lowest BCUT2D eigenvalue weighted by Gasteiger charge is -2.11. The monoisotopic (exact) mass is 326 g/mol. The fourth-order valence-corrected chi connectivity index (χ4v) is 3.02. The van der Waals surface area contributed by atoms with E-state index in [9.17, 15) is 4.79 Å². The number of benzene rings is 2. The second-order valence-corrected chi connectivity index (χ2v) is 6.58. The Bertz CT molecular complexity index is 645. The molecule has 0 aliphatic heterocycles. The van der Waals surface area contributed by atoms with Crippen molar-refractivity contribution in [3.63, 3.8) is 0 Å². The summed E-state index contributed by atoms with van der Waals surface area (Å²) < 4.78 is 6.00. The van der Waals surface area contributed by atoms with E-state index >= 15 is 0 Å². The van der Waals surface area contributed by atoms with Crippen molar-refractivity contribution >= 4 is 16.6 Å². The van der Waals surface area contributed by atoms with Gasteiger partial charge in [0.15, 0.2) is 5.78 Å². The van der Waals surface area contributed by atoms with Crippen LogP contribution in [-0.2, 0) is 0 Å². The maximum absolute atomic E-state index is 11.7. The molecule has 0 saturated heterocycles. The predicted molar refractivity (Wildman–Crippen MR) is 102 cm³/mol. The number of fused-ring (bicyclic) bond motifs is 1. The van der Waals surface area contributed by atoms with Gasteiger partial charge in [0.1, 0.15) is 5.75 Å². The fraction of sp³-hybridized carbons (Fsp3) is 0.500. The van der Waals surface area contributed by atoms with Gasteiger partial charge in [-0.3, -0.25) is 4.79 Å². The molecule has 0 radical (unpaired) electrons. The molecule has 2 rings (SSSR count). The van der Waals surface area contributed by atoms with Crippen LogP contribution >= 0.6 is 0 Å². The number of hydrogen-bond acceptors (Lipinski definition) is 2. The smallest absolute Gasteiger partial charge is 0.159 e. The van der Waals surface area contributed by atoms with E-state index in [2.05, 4.69) is 13.0 Å². The van der Waals surface area contributed by atoms with Crippen molar-refractivity contribution in [3.05, 3.63) is 42.0 Å². The van der Waals surface area contributed by atoms with Gasteiger partial charge in [-0.25, -0.2) is 0 Å². The molecule has 0 spiro atoms. The standard InChI is InChI=1S/C22H30O2/c1-3-4-5-6-7-8-9-12-15-24-22-17-20(18(2)23)16-19-13-10-11-14-21(19)22/h10-11,13-14,16-17H,3-9,12,15H2,1-2H3. The third-order valence-corrected chi connectivity index (χ3v) is 4.49. The van der Waals surface area contributed by atoms with Gasteiger partial charge in [0.05, 0.1) is 6.61 Å². The molecule has 2 aromatic carbocycles. The number of unbranched alkanes of at least 4 members (excludes halogenated alkanes) is 7. The van der Waals surface area contributed by atoms with Crippen LogP contribution in [0.25, 0.3) is 10.8 Å². The average Bonchev–Trinajstić information content (AvgIpc) is 2.60. The molecular weight excluding hydrogens is 296 g/mol. The highest BCUT2D eigenvalue weighted by molar-refractivity contribution is 6.00. The summed E-state index contributed by atoms with van der Waals surface area (Å²) in [5.41, 5.74) is 0.722. The summed E-state index contributed by atoms with van der Waals surface area (Å²) in [5, 5.41) is 2.15. The molecule has 2 nitrogen and oxygen atoms in total. The van der Waals surface area contributed by atoms with Crippen LogP contribution < -0.4 is 4.74 Å². The summed E-state index contributed by atoms with van der Waals surface area (Å²) in [7, 11) is 0. The first-order valence-electron chi connectivity index (χ1n) is 9.39. The van der Waals surface area contributed by atoms with E-state index in [0.717, 1.165) is 35.1 Å². The number of Topliss-reactive ketones (excluding diaryl/α,β-unsaturated/α-hetero) is 1. The lowest BCUT2D eigenvalue weighted by Crippen LogP contribution is -2.00. The highest BCUT2D eigenvalue weighted by Crippen LogP contribution is 2.28. The lowest BCUT2D eigenvalue weighted by molar-refractivity contribution is 0.101. The van der Waals surface area contributed by atoms with Crippen molar-refractivity contribution in [3.8, 4) is 5.75 Å². The van der Waals surface area contributed by atoms with Crippen LogP contribution in [0.1, 0.15) is 75.6 Å². The Kier molecular flexibility index (Phi) is 7.81. The highest BCUT2D eigenvalue weighted by Gasteiger charge is 2.08. The van der Waals surface area contributed by atoms with E-state index in [0.29, 0.717) is 0 Å². The first kappa shape index (κ1) is 18.5. The highest BCUT2D eigenvalue weighted by atomic mass is 16.5. The molecule has 0 unspecified atom stereocenters. The summed E-state index contributed by atoms with van der Waals surface area (Å²) in [6.07, 6.45) is 10.3. The Morgan fingerprint density at radius 3 is 2.29 bits per heavy atom. The van der Waals surface area contributed by atoms with E-state index in [1.54, 1.807) is 6.92 Å². The SMILES string of the molecule is CCCCCCCCCCOc1cc(C(C)=O)cc2ccccc12. The van der Waals surface area contributed by atoms with Crippen molar-refractivity contribution in [1.82, 2.24) is 0 Å². The zero-order valence-corrected chi connectivity index (χ0v) is 15.1. The molecule has 0 heterocycles. The fourth-order valence-electron chi connectivity index (χ4n) is 3.02. The van der Waals surface area contributed by atoms with E-state index < -0.39 is 0 Å². The van der Waals surface area contributed by atoms with Crippen molar-refractivity contribution < 1.29 is 9.53 Å². The van der Waals surface area contributed by atoms with Crippen molar-refractivity contribution in [2.24, 2.45) is 0 Å². The largest absolute Gasteiger partial charge is 0.493 e. The van der Waals surface area contributed by atoms with Crippen LogP contribution in [0.15, 0.2) is 36.4 Å². The predicted octanol–water partition coefficient (Wildman–Crippen LogP) is 6.56. The zero-order chi connectivity index (χ0) is 17.2. The molecule has 0 aliphatic carbocycles. The summed E-state index contributed by atoms with van der Waals surface area (Å²) in [5.74, 6) is 0.916. The van der Waals surface area contributed by atoms with Crippen molar-refractivity contribution in [2.45, 2.75) is 65.2 Å². The maximum Gasteiger partial charge on any atom is 0.159 e. The first-order valence-corrected chi connectivity index (χ1v) is 9.39. The van der Waals surface area contributed by atoms with Gasteiger partial charge >= 0.3 is 0 Å². The molecule has 0 amide bonds. The van der Waals surface area contributed by atoms with Gasteiger partial charge in [-0.2, -0.15) is 0 Å². The third kappa shape index (κ3) is 5.67. The summed E-state index contributed by atoms with van der Waals surface area (Å²) in [4.78, 5) is 11.7. The van der Waals surface area contributed by atoms with Gasteiger partial charge in [0, 0.05) is 10.9 Å². The summed E-state index contributed by atoms with van der Waals surface area (Å²) in [6, 6.07) is 11.9. The number of hydrogen-bond donors (Lipinski definition) is 0. The van der Waals surface area contributed by atoms with Gasteiger partial charge in [0.2, 0.25) is 0 Å². The van der Waals surface area contributed by atoms with E-state index in [1.165, 1.54) is 44.9 Å². The van der Waals surface area contributed by atoms with Crippen LogP contribution in [-0.4, -0.2) is 12.4 Å². The number of carbonyl (C=O) groups is 1. The average molecular weight is 326 g/mol. The molecule has 2 heteroatoms. The van der Waals surface area contributed by atoms with E-state index in [-0.39, 0.29) is 5.78 Å². The van der Waals surface area contributed by atoms with Crippen LogP contribution in [0.4, 0.5) is 0 Å². The van der Waals surface area contributed by atoms with Crippen LogP contribution in [0.3, 0.4) is 0 Å². The minimum Gasteiger partial charge on any atom is -0.493 e. The van der Waals surface area contributed by atoms with Crippen LogP contribution in [0.5, 0.6) is 5.75 Å². The molecular formula is C22H30O2. The van der Waals surface area contributed by atoms with Gasteiger partial charge in [0.25, 0.3) is 0 Å². The molecule has 2 aromatic rings. The Hall–Kier alpha value is -1.83. The molecule has 0 aromatic heterocycles. The minimum atomic E-state index is 0.0812. The van der Waals surface area contributed by atoms with E-state index in [1.807, 2.05) is 30.3 Å². The maximum atomic E-state index is 11.7. The van der Waals surface area contributed by atoms with Crippen molar-refractivity contribution in [1.29, 1.82) is 0 Å². The molecule has 0 atom stereocenters. The molecule has 24 heavy (non-hydrogen) atoms. The lowest BCUT2D eigenvalue weighted by atomic mass is 10.0. The van der Waals surface area contributed by atoms with Gasteiger partial charge in [-0.1, -0.05) is 76.1 Å². The van der Waals surface area contributed by atoms with Crippen molar-refractivity contribution in [2.75, 3.05) is 6.61 Å². The van der Waals surface area contributed by atoms with Crippen LogP contribution in [0.2, 0.25) is 0 Å². The number of ether oxygens (including phenoxy) is 1. The Balaban J connectivity index is 1.83. The number of ketones is 1. The topological polar surface area (TPSA) is 26.3 Å². The van der Waals surface area contributed by atoms with Gasteiger partial charge < -0.3 is 4.74 Å². The quantitative estimate of drug-likeness (QED) is 0.345. The minimum absolute atomic E-state index is 0.0812. The normalized spacial score (nSPS) is 10.9. The molecule has 0 N–H and O–H groups in total. The molecule has 0 aliphatic rings. The summed E-state index contributed by atoms with van der Waals surface area (Å²) in [6.45, 7) is 4.58. The van der Waals surface area contributed by atoms with E-state index in [4.69, 9.17) is 4.74 Å². The molecule has 130 valence electrons. The first-order chi connectivity index (χ1) is 11.7. The Morgan fingerprint density at radius 1 is 0.917 bits per heavy atom. The third-order valence-electron chi connectivity index (χ3n) is 4.49. The summed E-state index contributed by atoms with van der Waals surface area (Å²) >= 11 is 0.